The lowest BCUT2D eigenvalue weighted by Crippen LogP contribution is -2.35. The van der Waals surface area contributed by atoms with Crippen molar-refractivity contribution in [2.45, 2.75) is 39.0 Å². The molecular formula is C21H23ClF3NO3. The van der Waals surface area contributed by atoms with E-state index >= 15 is 0 Å². The standard InChI is InChI=1S/C21H23ClF3NO3/c1-20(2,3)29-19(27)26(4)12-11-14-5-7-15(8-6-14)28-16-9-10-18(22)17(13-16)21(23,24)25/h5-10,13H,11-12H2,1-4H3. The fourth-order valence-corrected chi connectivity index (χ4v) is 2.60. The Morgan fingerprint density at radius 2 is 1.62 bits per heavy atom. The lowest BCUT2D eigenvalue weighted by Gasteiger charge is -2.24. The molecule has 0 aliphatic heterocycles. The van der Waals surface area contributed by atoms with Crippen molar-refractivity contribution in [3.8, 4) is 11.5 Å². The summed E-state index contributed by atoms with van der Waals surface area (Å²) in [6, 6.07) is 10.3. The van der Waals surface area contributed by atoms with Gasteiger partial charge in [-0.25, -0.2) is 4.79 Å². The Hall–Kier alpha value is -2.41. The maximum absolute atomic E-state index is 12.9. The normalized spacial score (nSPS) is 11.9. The van der Waals surface area contributed by atoms with Gasteiger partial charge in [-0.2, -0.15) is 13.2 Å². The van der Waals surface area contributed by atoms with Crippen LogP contribution in [0.2, 0.25) is 5.02 Å². The van der Waals surface area contributed by atoms with Gasteiger partial charge in [0.1, 0.15) is 17.1 Å². The summed E-state index contributed by atoms with van der Waals surface area (Å²) >= 11 is 5.61. The van der Waals surface area contributed by atoms with Crippen LogP contribution in [0.1, 0.15) is 31.9 Å². The molecule has 0 radical (unpaired) electrons. The van der Waals surface area contributed by atoms with Crippen molar-refractivity contribution in [2.24, 2.45) is 0 Å². The average Bonchev–Trinajstić information content (AvgIpc) is 2.60. The molecule has 0 atom stereocenters. The van der Waals surface area contributed by atoms with Gasteiger partial charge >= 0.3 is 12.3 Å². The van der Waals surface area contributed by atoms with E-state index in [1.54, 1.807) is 52.1 Å². The van der Waals surface area contributed by atoms with Gasteiger partial charge in [0.15, 0.2) is 0 Å². The van der Waals surface area contributed by atoms with E-state index in [0.717, 1.165) is 17.7 Å². The molecule has 158 valence electrons. The first-order valence-corrected chi connectivity index (χ1v) is 9.30. The van der Waals surface area contributed by atoms with Gasteiger partial charge in [0.2, 0.25) is 0 Å². The summed E-state index contributed by atoms with van der Waals surface area (Å²) in [5, 5.41) is -0.380. The van der Waals surface area contributed by atoms with E-state index in [1.807, 2.05) is 0 Å². The molecule has 0 aliphatic rings. The van der Waals surface area contributed by atoms with E-state index in [0.29, 0.717) is 18.7 Å². The van der Waals surface area contributed by atoms with Crippen LogP contribution in [0.4, 0.5) is 18.0 Å². The number of carbonyl (C=O) groups is 1. The highest BCUT2D eigenvalue weighted by Crippen LogP contribution is 2.37. The number of halogens is 4. The monoisotopic (exact) mass is 429 g/mol. The van der Waals surface area contributed by atoms with Gasteiger partial charge in [0.25, 0.3) is 0 Å². The highest BCUT2D eigenvalue weighted by molar-refractivity contribution is 6.31. The van der Waals surface area contributed by atoms with Gasteiger partial charge in [0, 0.05) is 13.6 Å². The van der Waals surface area contributed by atoms with Gasteiger partial charge in [-0.05, 0) is 63.1 Å². The molecule has 8 heteroatoms. The summed E-state index contributed by atoms with van der Waals surface area (Å²) in [5.74, 6) is 0.434. The highest BCUT2D eigenvalue weighted by atomic mass is 35.5. The van der Waals surface area contributed by atoms with Crippen LogP contribution in [0.5, 0.6) is 11.5 Å². The van der Waals surface area contributed by atoms with Crippen LogP contribution in [0, 0.1) is 0 Å². The van der Waals surface area contributed by atoms with Crippen molar-refractivity contribution in [3.63, 3.8) is 0 Å². The molecule has 2 aromatic carbocycles. The SMILES string of the molecule is CN(CCc1ccc(Oc2ccc(Cl)c(C(F)(F)F)c2)cc1)C(=O)OC(C)(C)C. The molecule has 0 saturated carbocycles. The van der Waals surface area contributed by atoms with Gasteiger partial charge in [0.05, 0.1) is 10.6 Å². The second-order valence-corrected chi connectivity index (χ2v) is 7.94. The number of alkyl halides is 3. The van der Waals surface area contributed by atoms with Crippen molar-refractivity contribution >= 4 is 17.7 Å². The first kappa shape index (κ1) is 22.9. The molecule has 0 aromatic heterocycles. The number of amides is 1. The molecule has 2 aromatic rings. The van der Waals surface area contributed by atoms with Crippen LogP contribution in [0.3, 0.4) is 0 Å². The van der Waals surface area contributed by atoms with E-state index in [-0.39, 0.29) is 10.8 Å². The highest BCUT2D eigenvalue weighted by Gasteiger charge is 2.33. The van der Waals surface area contributed by atoms with Crippen LogP contribution in [-0.4, -0.2) is 30.2 Å². The third-order valence-corrected chi connectivity index (χ3v) is 4.17. The zero-order chi connectivity index (χ0) is 21.8. The van der Waals surface area contributed by atoms with Crippen molar-refractivity contribution < 1.29 is 27.4 Å². The van der Waals surface area contributed by atoms with Crippen LogP contribution < -0.4 is 4.74 Å². The summed E-state index contributed by atoms with van der Waals surface area (Å²) in [6.45, 7) is 5.86. The Morgan fingerprint density at radius 3 is 2.17 bits per heavy atom. The van der Waals surface area contributed by atoms with Crippen LogP contribution in [-0.2, 0) is 17.3 Å². The van der Waals surface area contributed by atoms with Crippen molar-refractivity contribution in [3.05, 3.63) is 58.6 Å². The minimum absolute atomic E-state index is 0.0409. The minimum Gasteiger partial charge on any atom is -0.457 e. The van der Waals surface area contributed by atoms with E-state index in [2.05, 4.69) is 0 Å². The second kappa shape index (κ2) is 8.95. The molecule has 0 aliphatic carbocycles. The first-order chi connectivity index (χ1) is 13.3. The third-order valence-electron chi connectivity index (χ3n) is 3.84. The number of nitrogens with zero attached hydrogens (tertiary/aromatic N) is 1. The molecule has 0 N–H and O–H groups in total. The van der Waals surface area contributed by atoms with Gasteiger partial charge < -0.3 is 14.4 Å². The largest absolute Gasteiger partial charge is 0.457 e. The molecule has 0 saturated heterocycles. The predicted molar refractivity (Wildman–Crippen MR) is 106 cm³/mol. The number of hydrogen-bond acceptors (Lipinski definition) is 3. The molecule has 1 amide bonds. The Labute approximate surface area is 173 Å². The quantitative estimate of drug-likeness (QED) is 0.540. The molecule has 0 spiro atoms. The molecule has 0 heterocycles. The summed E-state index contributed by atoms with van der Waals surface area (Å²) in [4.78, 5) is 13.4. The zero-order valence-corrected chi connectivity index (χ0v) is 17.4. The first-order valence-electron chi connectivity index (χ1n) is 8.93. The van der Waals surface area contributed by atoms with Crippen molar-refractivity contribution in [2.75, 3.05) is 13.6 Å². The molecule has 2 rings (SSSR count). The van der Waals surface area contributed by atoms with E-state index < -0.39 is 23.4 Å². The Morgan fingerprint density at radius 1 is 1.03 bits per heavy atom. The van der Waals surface area contributed by atoms with E-state index in [9.17, 15) is 18.0 Å². The summed E-state index contributed by atoms with van der Waals surface area (Å²) in [6.07, 6.45) is -4.36. The number of hydrogen-bond donors (Lipinski definition) is 0. The number of benzene rings is 2. The number of ether oxygens (including phenoxy) is 2. The smallest absolute Gasteiger partial charge is 0.417 e. The number of rotatable bonds is 5. The van der Waals surface area contributed by atoms with Crippen molar-refractivity contribution in [1.29, 1.82) is 0 Å². The lowest BCUT2D eigenvalue weighted by atomic mass is 10.1. The fourth-order valence-electron chi connectivity index (χ4n) is 2.37. The van der Waals surface area contributed by atoms with Gasteiger partial charge in [-0.1, -0.05) is 23.7 Å². The van der Waals surface area contributed by atoms with E-state index in [4.69, 9.17) is 21.1 Å². The Bertz CT molecular complexity index is 846. The lowest BCUT2D eigenvalue weighted by molar-refractivity contribution is -0.137. The molecule has 0 bridgehead atoms. The number of carbonyl (C=O) groups excluding carboxylic acids is 1. The molecule has 4 nitrogen and oxygen atoms in total. The predicted octanol–water partition coefficient (Wildman–Crippen LogP) is 6.56. The fraction of sp³-hybridized carbons (Fsp3) is 0.381. The number of likely N-dealkylation sites (N-methyl/N-ethyl adjacent to an activating group) is 1. The molecule has 0 fully saturated rings. The summed E-state index contributed by atoms with van der Waals surface area (Å²) < 4.78 is 49.6. The Kier molecular flexibility index (Phi) is 7.06. The van der Waals surface area contributed by atoms with Crippen LogP contribution in [0.15, 0.2) is 42.5 Å². The molecule has 0 unspecified atom stereocenters. The molecule has 29 heavy (non-hydrogen) atoms. The van der Waals surface area contributed by atoms with Crippen molar-refractivity contribution in [1.82, 2.24) is 4.90 Å². The van der Waals surface area contributed by atoms with Gasteiger partial charge in [-0.15, -0.1) is 0 Å². The zero-order valence-electron chi connectivity index (χ0n) is 16.6. The molecular weight excluding hydrogens is 407 g/mol. The third kappa shape index (κ3) is 7.16. The van der Waals surface area contributed by atoms with E-state index in [1.165, 1.54) is 11.0 Å². The minimum atomic E-state index is -4.56. The topological polar surface area (TPSA) is 38.8 Å². The van der Waals surface area contributed by atoms with Crippen LogP contribution >= 0.6 is 11.6 Å². The Balaban J connectivity index is 1.96. The maximum Gasteiger partial charge on any atom is 0.417 e. The van der Waals surface area contributed by atoms with Gasteiger partial charge in [-0.3, -0.25) is 0 Å². The summed E-state index contributed by atoms with van der Waals surface area (Å²) in [5.41, 5.74) is -0.559. The second-order valence-electron chi connectivity index (χ2n) is 7.54. The maximum atomic E-state index is 12.9. The van der Waals surface area contributed by atoms with Crippen LogP contribution in [0.25, 0.3) is 0 Å². The summed E-state index contributed by atoms with van der Waals surface area (Å²) in [7, 11) is 1.66. The average molecular weight is 430 g/mol.